The average Bonchev–Trinajstić information content (AvgIpc) is 2.86. The lowest BCUT2D eigenvalue weighted by molar-refractivity contribution is -0.132. The molecule has 2 fully saturated rings. The minimum Gasteiger partial charge on any atom is -0.396 e. The zero-order valence-electron chi connectivity index (χ0n) is 9.82. The molecular weight excluding hydrogens is 206 g/mol. The first-order valence-corrected chi connectivity index (χ1v) is 6.25. The third-order valence-corrected chi connectivity index (χ3v) is 3.87. The molecule has 1 aliphatic heterocycles. The summed E-state index contributed by atoms with van der Waals surface area (Å²) in [5, 5.41) is 12.2. The van der Waals surface area contributed by atoms with Crippen LogP contribution < -0.4 is 5.32 Å². The fourth-order valence-electron chi connectivity index (χ4n) is 2.74. The smallest absolute Gasteiger partial charge is 0.249 e. The van der Waals surface area contributed by atoms with E-state index in [4.69, 9.17) is 4.74 Å². The van der Waals surface area contributed by atoms with Crippen molar-refractivity contribution in [1.29, 1.82) is 0 Å². The van der Waals surface area contributed by atoms with E-state index in [2.05, 4.69) is 12.2 Å². The maximum absolute atomic E-state index is 12.0. The van der Waals surface area contributed by atoms with Crippen LogP contribution >= 0.6 is 0 Å². The van der Waals surface area contributed by atoms with Crippen molar-refractivity contribution >= 4 is 5.91 Å². The van der Waals surface area contributed by atoms with Gasteiger partial charge in [0.25, 0.3) is 0 Å². The van der Waals surface area contributed by atoms with E-state index in [9.17, 15) is 9.90 Å². The quantitative estimate of drug-likeness (QED) is 0.745. The summed E-state index contributed by atoms with van der Waals surface area (Å²) in [4.78, 5) is 12.0. The lowest BCUT2D eigenvalue weighted by atomic mass is 10.0. The van der Waals surface area contributed by atoms with E-state index in [1.165, 1.54) is 0 Å². The van der Waals surface area contributed by atoms with Crippen LogP contribution in [0.1, 0.15) is 32.6 Å². The predicted octanol–water partition coefficient (Wildman–Crippen LogP) is 0.689. The zero-order chi connectivity index (χ0) is 11.5. The van der Waals surface area contributed by atoms with E-state index in [1.807, 2.05) is 0 Å². The van der Waals surface area contributed by atoms with Crippen LogP contribution in [0.4, 0.5) is 0 Å². The van der Waals surface area contributed by atoms with Crippen molar-refractivity contribution in [3.8, 4) is 0 Å². The number of ether oxygens (including phenoxy) is 1. The lowest BCUT2D eigenvalue weighted by Crippen LogP contribution is -2.45. The SMILES string of the molecule is CC1CCOC1C(=O)NC1CCCC1CO. The fraction of sp³-hybridized carbons (Fsp3) is 0.917. The first kappa shape index (κ1) is 11.9. The highest BCUT2D eigenvalue weighted by Gasteiger charge is 2.34. The molecule has 0 radical (unpaired) electrons. The molecule has 4 unspecified atom stereocenters. The van der Waals surface area contributed by atoms with E-state index in [0.29, 0.717) is 12.5 Å². The molecule has 4 nitrogen and oxygen atoms in total. The minimum atomic E-state index is -0.278. The average molecular weight is 227 g/mol. The molecular formula is C12H21NO3. The molecule has 0 aromatic heterocycles. The molecule has 0 aromatic rings. The maximum Gasteiger partial charge on any atom is 0.249 e. The highest BCUT2D eigenvalue weighted by atomic mass is 16.5. The predicted molar refractivity (Wildman–Crippen MR) is 59.9 cm³/mol. The van der Waals surface area contributed by atoms with Gasteiger partial charge in [-0.25, -0.2) is 0 Å². The minimum absolute atomic E-state index is 0.00958. The molecule has 92 valence electrons. The van der Waals surface area contributed by atoms with Gasteiger partial charge in [-0.05, 0) is 25.2 Å². The number of nitrogens with one attached hydrogen (secondary N) is 1. The molecule has 0 aromatic carbocycles. The Bertz CT molecular complexity index is 257. The van der Waals surface area contributed by atoms with Gasteiger partial charge in [-0.3, -0.25) is 4.79 Å². The molecule has 1 aliphatic carbocycles. The largest absolute Gasteiger partial charge is 0.396 e. The van der Waals surface area contributed by atoms with Crippen molar-refractivity contribution in [2.45, 2.75) is 44.8 Å². The van der Waals surface area contributed by atoms with Crippen molar-refractivity contribution in [2.24, 2.45) is 11.8 Å². The van der Waals surface area contributed by atoms with Gasteiger partial charge >= 0.3 is 0 Å². The van der Waals surface area contributed by atoms with Gasteiger partial charge in [0.05, 0.1) is 0 Å². The Morgan fingerprint density at radius 1 is 1.44 bits per heavy atom. The van der Waals surface area contributed by atoms with Gasteiger partial charge in [0, 0.05) is 25.2 Å². The number of hydrogen-bond acceptors (Lipinski definition) is 3. The standard InChI is InChI=1S/C12H21NO3/c1-8-5-6-16-11(8)12(15)13-10-4-2-3-9(10)7-14/h8-11,14H,2-7H2,1H3,(H,13,15). The summed E-state index contributed by atoms with van der Waals surface area (Å²) in [7, 11) is 0. The van der Waals surface area contributed by atoms with E-state index >= 15 is 0 Å². The van der Waals surface area contributed by atoms with Gasteiger partial charge in [0.2, 0.25) is 5.91 Å². The Kier molecular flexibility index (Phi) is 3.82. The Morgan fingerprint density at radius 2 is 2.25 bits per heavy atom. The first-order chi connectivity index (χ1) is 7.72. The molecule has 1 saturated heterocycles. The second-order valence-electron chi connectivity index (χ2n) is 5.05. The Balaban J connectivity index is 1.86. The molecule has 4 heteroatoms. The second-order valence-corrected chi connectivity index (χ2v) is 5.05. The number of aliphatic hydroxyl groups excluding tert-OH is 1. The molecule has 0 bridgehead atoms. The molecule has 2 N–H and O–H groups in total. The van der Waals surface area contributed by atoms with Crippen LogP contribution in [0.2, 0.25) is 0 Å². The topological polar surface area (TPSA) is 58.6 Å². The summed E-state index contributed by atoms with van der Waals surface area (Å²) in [6.07, 6.45) is 3.78. The Labute approximate surface area is 96.4 Å². The summed E-state index contributed by atoms with van der Waals surface area (Å²) < 4.78 is 5.43. The summed E-state index contributed by atoms with van der Waals surface area (Å²) in [6.45, 7) is 2.91. The molecule has 2 aliphatic rings. The zero-order valence-corrected chi connectivity index (χ0v) is 9.82. The van der Waals surface area contributed by atoms with Crippen molar-refractivity contribution < 1.29 is 14.6 Å². The molecule has 1 heterocycles. The van der Waals surface area contributed by atoms with Crippen LogP contribution in [0.25, 0.3) is 0 Å². The van der Waals surface area contributed by atoms with E-state index in [0.717, 1.165) is 25.7 Å². The highest BCUT2D eigenvalue weighted by molar-refractivity contribution is 5.81. The van der Waals surface area contributed by atoms with Crippen molar-refractivity contribution in [3.63, 3.8) is 0 Å². The second kappa shape index (κ2) is 5.15. The molecule has 16 heavy (non-hydrogen) atoms. The highest BCUT2D eigenvalue weighted by Crippen LogP contribution is 2.26. The maximum atomic E-state index is 12.0. The van der Waals surface area contributed by atoms with Crippen LogP contribution in [0, 0.1) is 11.8 Å². The van der Waals surface area contributed by atoms with Crippen LogP contribution in [0.15, 0.2) is 0 Å². The molecule has 2 rings (SSSR count). The molecule has 1 saturated carbocycles. The summed E-state index contributed by atoms with van der Waals surface area (Å²) in [6, 6.07) is 0.147. The Hall–Kier alpha value is -0.610. The van der Waals surface area contributed by atoms with Gasteiger partial charge < -0.3 is 15.2 Å². The van der Waals surface area contributed by atoms with Crippen molar-refractivity contribution in [1.82, 2.24) is 5.32 Å². The van der Waals surface area contributed by atoms with Crippen LogP contribution in [-0.4, -0.2) is 36.4 Å². The number of carbonyl (C=O) groups excluding carboxylic acids is 1. The number of aliphatic hydroxyl groups is 1. The number of hydrogen-bond donors (Lipinski definition) is 2. The number of rotatable bonds is 3. The number of carbonyl (C=O) groups is 1. The fourth-order valence-corrected chi connectivity index (χ4v) is 2.74. The summed E-state index contributed by atoms with van der Waals surface area (Å²) in [5.41, 5.74) is 0. The van der Waals surface area contributed by atoms with Crippen LogP contribution in [-0.2, 0) is 9.53 Å². The van der Waals surface area contributed by atoms with Gasteiger partial charge in [0.15, 0.2) is 0 Å². The summed E-state index contributed by atoms with van der Waals surface area (Å²) >= 11 is 0. The van der Waals surface area contributed by atoms with E-state index < -0.39 is 0 Å². The third kappa shape index (κ3) is 2.38. The molecule has 1 amide bonds. The van der Waals surface area contributed by atoms with Gasteiger partial charge in [-0.1, -0.05) is 13.3 Å². The van der Waals surface area contributed by atoms with Gasteiger partial charge in [-0.15, -0.1) is 0 Å². The normalized spacial score (nSPS) is 38.9. The van der Waals surface area contributed by atoms with Crippen molar-refractivity contribution in [3.05, 3.63) is 0 Å². The van der Waals surface area contributed by atoms with Gasteiger partial charge in [-0.2, -0.15) is 0 Å². The van der Waals surface area contributed by atoms with Crippen molar-refractivity contribution in [2.75, 3.05) is 13.2 Å². The summed E-state index contributed by atoms with van der Waals surface area (Å²) in [5.74, 6) is 0.560. The third-order valence-electron chi connectivity index (χ3n) is 3.87. The molecule has 0 spiro atoms. The van der Waals surface area contributed by atoms with Crippen LogP contribution in [0.3, 0.4) is 0 Å². The van der Waals surface area contributed by atoms with Gasteiger partial charge in [0.1, 0.15) is 6.10 Å². The van der Waals surface area contributed by atoms with E-state index in [-0.39, 0.29) is 30.6 Å². The number of amides is 1. The van der Waals surface area contributed by atoms with Crippen LogP contribution in [0.5, 0.6) is 0 Å². The Morgan fingerprint density at radius 3 is 2.88 bits per heavy atom. The first-order valence-electron chi connectivity index (χ1n) is 6.25. The molecule has 4 atom stereocenters. The lowest BCUT2D eigenvalue weighted by Gasteiger charge is -2.22. The monoisotopic (exact) mass is 227 g/mol. The van der Waals surface area contributed by atoms with E-state index in [1.54, 1.807) is 0 Å².